The number of aromatic nitrogens is 2. The average molecular weight is 363 g/mol. The van der Waals surface area contributed by atoms with Gasteiger partial charge in [-0.2, -0.15) is 9.40 Å². The lowest BCUT2D eigenvalue weighted by atomic mass is 9.95. The molecule has 0 radical (unpaired) electrons. The number of aliphatic hydroxyl groups excluding tert-OH is 1. The van der Waals surface area contributed by atoms with Crippen LogP contribution >= 0.6 is 0 Å². The molecule has 1 aromatic carbocycles. The van der Waals surface area contributed by atoms with Gasteiger partial charge in [0.2, 0.25) is 10.0 Å². The van der Waals surface area contributed by atoms with Gasteiger partial charge in [-0.1, -0.05) is 18.2 Å². The van der Waals surface area contributed by atoms with Crippen molar-refractivity contribution in [1.82, 2.24) is 14.1 Å². The maximum absolute atomic E-state index is 13.1. The quantitative estimate of drug-likeness (QED) is 0.904. The molecular weight excluding hydrogens is 338 g/mol. The van der Waals surface area contributed by atoms with Gasteiger partial charge in [0.1, 0.15) is 0 Å². The lowest BCUT2D eigenvalue weighted by Crippen LogP contribution is -2.52. The van der Waals surface area contributed by atoms with Gasteiger partial charge < -0.3 is 5.11 Å². The van der Waals surface area contributed by atoms with Gasteiger partial charge in [0.15, 0.2) is 0 Å². The molecule has 2 aromatic rings. The molecule has 0 fully saturated rings. The Hall–Kier alpha value is -1.70. The number of sulfonamides is 1. The van der Waals surface area contributed by atoms with E-state index in [1.165, 1.54) is 4.31 Å². The SMILES string of the molecule is CCn1cc(C[C@H]2[C@H](O)c3ccccc3S(=O)(=O)N2C(C)C)c(C)n1. The van der Waals surface area contributed by atoms with E-state index in [2.05, 4.69) is 5.10 Å². The van der Waals surface area contributed by atoms with Gasteiger partial charge in [0.25, 0.3) is 0 Å². The Morgan fingerprint density at radius 2 is 1.96 bits per heavy atom. The first-order chi connectivity index (χ1) is 11.8. The van der Waals surface area contributed by atoms with Crippen LogP contribution in [0.4, 0.5) is 0 Å². The highest BCUT2D eigenvalue weighted by atomic mass is 32.2. The number of aryl methyl sites for hydroxylation is 2. The standard InChI is InChI=1S/C18H25N3O3S/c1-5-20-11-14(13(4)19-20)10-16-18(22)15-8-6-7-9-17(15)25(23,24)21(16)12(2)3/h6-9,11-12,16,18,22H,5,10H2,1-4H3/t16-,18+/m0/s1. The largest absolute Gasteiger partial charge is 0.387 e. The molecule has 0 saturated carbocycles. The topological polar surface area (TPSA) is 75.4 Å². The minimum atomic E-state index is -3.65. The Morgan fingerprint density at radius 3 is 2.56 bits per heavy atom. The minimum absolute atomic E-state index is 0.202. The van der Waals surface area contributed by atoms with Crippen LogP contribution in [0, 0.1) is 6.92 Å². The third kappa shape index (κ3) is 3.01. The van der Waals surface area contributed by atoms with Gasteiger partial charge in [0, 0.05) is 24.3 Å². The fourth-order valence-electron chi connectivity index (χ4n) is 3.61. The zero-order valence-corrected chi connectivity index (χ0v) is 15.9. The molecular formula is C18H25N3O3S. The predicted octanol–water partition coefficient (Wildman–Crippen LogP) is 2.27. The normalized spacial score (nSPS) is 23.0. The van der Waals surface area contributed by atoms with Gasteiger partial charge in [-0.05, 0) is 45.7 Å². The first kappa shape index (κ1) is 18.1. The molecule has 3 rings (SSSR count). The molecule has 136 valence electrons. The predicted molar refractivity (Wildman–Crippen MR) is 95.7 cm³/mol. The van der Waals surface area contributed by atoms with Gasteiger partial charge >= 0.3 is 0 Å². The zero-order chi connectivity index (χ0) is 18.4. The van der Waals surface area contributed by atoms with E-state index in [-0.39, 0.29) is 10.9 Å². The second-order valence-corrected chi connectivity index (χ2v) is 8.59. The second-order valence-electron chi connectivity index (χ2n) is 6.78. The van der Waals surface area contributed by atoms with Gasteiger partial charge in [-0.3, -0.25) is 4.68 Å². The number of aliphatic hydroxyl groups is 1. The van der Waals surface area contributed by atoms with E-state index in [9.17, 15) is 13.5 Å². The molecule has 6 nitrogen and oxygen atoms in total. The highest BCUT2D eigenvalue weighted by molar-refractivity contribution is 7.89. The molecule has 25 heavy (non-hydrogen) atoms. The number of rotatable bonds is 4. The average Bonchev–Trinajstić information content (AvgIpc) is 2.92. The van der Waals surface area contributed by atoms with Crippen LogP contribution in [0.25, 0.3) is 0 Å². The highest BCUT2D eigenvalue weighted by Crippen LogP contribution is 2.39. The van der Waals surface area contributed by atoms with Crippen molar-refractivity contribution < 1.29 is 13.5 Å². The minimum Gasteiger partial charge on any atom is -0.387 e. The summed E-state index contributed by atoms with van der Waals surface area (Å²) in [6, 6.07) is 5.93. The highest BCUT2D eigenvalue weighted by Gasteiger charge is 2.45. The van der Waals surface area contributed by atoms with Crippen LogP contribution in [0.3, 0.4) is 0 Å². The molecule has 1 aliphatic rings. The van der Waals surface area contributed by atoms with Crippen LogP contribution in [0.2, 0.25) is 0 Å². The van der Waals surface area contributed by atoms with E-state index >= 15 is 0 Å². The van der Waals surface area contributed by atoms with Crippen molar-refractivity contribution in [3.05, 3.63) is 47.3 Å². The van der Waals surface area contributed by atoms with Crippen molar-refractivity contribution in [2.45, 2.75) is 63.7 Å². The molecule has 2 atom stereocenters. The molecule has 0 saturated heterocycles. The van der Waals surface area contributed by atoms with Crippen LogP contribution in [-0.2, 0) is 23.0 Å². The van der Waals surface area contributed by atoms with E-state index in [0.29, 0.717) is 12.0 Å². The monoisotopic (exact) mass is 363 g/mol. The van der Waals surface area contributed by atoms with E-state index in [4.69, 9.17) is 0 Å². The fourth-order valence-corrected chi connectivity index (χ4v) is 5.67. The maximum Gasteiger partial charge on any atom is 0.244 e. The lowest BCUT2D eigenvalue weighted by molar-refractivity contribution is 0.0684. The number of hydrogen-bond acceptors (Lipinski definition) is 4. The first-order valence-corrected chi connectivity index (χ1v) is 10.0. The van der Waals surface area contributed by atoms with E-state index in [1.54, 1.807) is 24.3 Å². The van der Waals surface area contributed by atoms with E-state index < -0.39 is 22.2 Å². The van der Waals surface area contributed by atoms with Gasteiger partial charge in [-0.25, -0.2) is 8.42 Å². The number of fused-ring (bicyclic) bond motifs is 1. The second kappa shape index (κ2) is 6.55. The summed E-state index contributed by atoms with van der Waals surface area (Å²) in [6.07, 6.45) is 1.50. The molecule has 1 aliphatic heterocycles. The van der Waals surface area contributed by atoms with E-state index in [1.807, 2.05) is 38.6 Å². The van der Waals surface area contributed by atoms with Crippen molar-refractivity contribution >= 4 is 10.0 Å². The Bertz CT molecular complexity index is 873. The van der Waals surface area contributed by atoms with Crippen LogP contribution in [-0.4, -0.2) is 39.7 Å². The molecule has 0 aliphatic carbocycles. The third-order valence-corrected chi connectivity index (χ3v) is 6.97. The molecule has 1 aromatic heterocycles. The zero-order valence-electron chi connectivity index (χ0n) is 15.0. The molecule has 0 unspecified atom stereocenters. The summed E-state index contributed by atoms with van der Waals surface area (Å²) in [4.78, 5) is 0.202. The number of benzene rings is 1. The summed E-state index contributed by atoms with van der Waals surface area (Å²) in [5, 5.41) is 15.4. The molecule has 0 amide bonds. The van der Waals surface area contributed by atoms with Crippen molar-refractivity contribution in [1.29, 1.82) is 0 Å². The summed E-state index contributed by atoms with van der Waals surface area (Å²) in [6.45, 7) is 8.36. The first-order valence-electron chi connectivity index (χ1n) is 8.60. The Labute approximate surface area is 149 Å². The van der Waals surface area contributed by atoms with Crippen LogP contribution < -0.4 is 0 Å². The summed E-state index contributed by atoms with van der Waals surface area (Å²) >= 11 is 0. The Balaban J connectivity index is 2.09. The van der Waals surface area contributed by atoms with Crippen molar-refractivity contribution in [2.24, 2.45) is 0 Å². The summed E-state index contributed by atoms with van der Waals surface area (Å²) in [5.74, 6) is 0. The van der Waals surface area contributed by atoms with Crippen molar-refractivity contribution in [2.75, 3.05) is 0 Å². The summed E-state index contributed by atoms with van der Waals surface area (Å²) in [5.41, 5.74) is 2.31. The maximum atomic E-state index is 13.1. The van der Waals surface area contributed by atoms with Gasteiger partial charge in [0.05, 0.1) is 22.7 Å². The van der Waals surface area contributed by atoms with E-state index in [0.717, 1.165) is 17.8 Å². The van der Waals surface area contributed by atoms with Crippen molar-refractivity contribution in [3.63, 3.8) is 0 Å². The Morgan fingerprint density at radius 1 is 1.28 bits per heavy atom. The number of nitrogens with zero attached hydrogens (tertiary/aromatic N) is 3. The van der Waals surface area contributed by atoms with Crippen LogP contribution in [0.1, 0.15) is 43.7 Å². The Kier molecular flexibility index (Phi) is 4.74. The lowest BCUT2D eigenvalue weighted by Gasteiger charge is -2.41. The smallest absolute Gasteiger partial charge is 0.244 e. The molecule has 0 spiro atoms. The molecule has 7 heteroatoms. The molecule has 1 N–H and O–H groups in total. The van der Waals surface area contributed by atoms with Crippen LogP contribution in [0.15, 0.2) is 35.4 Å². The summed E-state index contributed by atoms with van der Waals surface area (Å²) in [7, 11) is -3.65. The van der Waals surface area contributed by atoms with Crippen molar-refractivity contribution in [3.8, 4) is 0 Å². The third-order valence-electron chi connectivity index (χ3n) is 4.79. The number of hydrogen-bond donors (Lipinski definition) is 1. The summed E-state index contributed by atoms with van der Waals surface area (Å²) < 4.78 is 29.5. The van der Waals surface area contributed by atoms with Gasteiger partial charge in [-0.15, -0.1) is 0 Å². The van der Waals surface area contributed by atoms with Crippen LogP contribution in [0.5, 0.6) is 0 Å². The fraction of sp³-hybridized carbons (Fsp3) is 0.500. The molecule has 2 heterocycles. The molecule has 0 bridgehead atoms.